The Balaban J connectivity index is 1.71. The van der Waals surface area contributed by atoms with Crippen molar-refractivity contribution in [1.82, 2.24) is 19.5 Å². The fourth-order valence-electron chi connectivity index (χ4n) is 3.21. The number of likely N-dealkylation sites (tertiary alicyclic amines) is 1. The van der Waals surface area contributed by atoms with Gasteiger partial charge in [-0.05, 0) is 30.5 Å². The Kier molecular flexibility index (Phi) is 3.50. The molecule has 6 heteroatoms. The Bertz CT molecular complexity index is 876. The molecular weight excluding hydrogens is 312 g/mol. The van der Waals surface area contributed by atoms with Crippen molar-refractivity contribution >= 4 is 23.2 Å². The van der Waals surface area contributed by atoms with Crippen LogP contribution in [0.5, 0.6) is 0 Å². The molecule has 0 spiro atoms. The second-order valence-corrected chi connectivity index (χ2v) is 6.03. The maximum absolute atomic E-state index is 13.0. The van der Waals surface area contributed by atoms with Gasteiger partial charge < -0.3 is 4.90 Å². The van der Waals surface area contributed by atoms with Crippen molar-refractivity contribution in [2.75, 3.05) is 6.54 Å². The van der Waals surface area contributed by atoms with Crippen LogP contribution in [0.25, 0.3) is 5.65 Å². The second-order valence-electron chi connectivity index (χ2n) is 5.62. The molecule has 1 amide bonds. The number of halogens is 1. The quantitative estimate of drug-likeness (QED) is 0.725. The van der Waals surface area contributed by atoms with Gasteiger partial charge in [0.05, 0.1) is 12.2 Å². The standard InChI is InChI=1S/C17H15ClN4O/c18-14-6-2-1-5-12(14)15-7-3-9-21(15)17(23)13-11-20-22-10-4-8-19-16(13)22/h1-2,4-6,8,10-11,15H,3,7,9H2/t15-/m0/s1. The van der Waals surface area contributed by atoms with Gasteiger partial charge in [-0.1, -0.05) is 29.8 Å². The van der Waals surface area contributed by atoms with Gasteiger partial charge in [-0.3, -0.25) is 4.79 Å². The smallest absolute Gasteiger partial charge is 0.259 e. The number of fused-ring (bicyclic) bond motifs is 1. The summed E-state index contributed by atoms with van der Waals surface area (Å²) in [6.07, 6.45) is 6.93. The molecule has 1 aliphatic heterocycles. The highest BCUT2D eigenvalue weighted by molar-refractivity contribution is 6.31. The van der Waals surface area contributed by atoms with Crippen LogP contribution in [0.15, 0.2) is 48.9 Å². The predicted octanol–water partition coefficient (Wildman–Crippen LogP) is 3.36. The molecule has 0 bridgehead atoms. The number of rotatable bonds is 2. The van der Waals surface area contributed by atoms with Gasteiger partial charge in [0.15, 0.2) is 5.65 Å². The van der Waals surface area contributed by atoms with Crippen LogP contribution < -0.4 is 0 Å². The molecule has 1 fully saturated rings. The molecule has 0 radical (unpaired) electrons. The highest BCUT2D eigenvalue weighted by atomic mass is 35.5. The normalized spacial score (nSPS) is 17.8. The summed E-state index contributed by atoms with van der Waals surface area (Å²) in [5, 5.41) is 4.91. The highest BCUT2D eigenvalue weighted by Crippen LogP contribution is 2.36. The Hall–Kier alpha value is -2.40. The van der Waals surface area contributed by atoms with Crippen LogP contribution in [0.3, 0.4) is 0 Å². The fraction of sp³-hybridized carbons (Fsp3) is 0.235. The van der Waals surface area contributed by atoms with E-state index in [1.807, 2.05) is 29.2 Å². The topological polar surface area (TPSA) is 50.5 Å². The molecule has 0 aliphatic carbocycles. The van der Waals surface area contributed by atoms with Crippen LogP contribution in [0.1, 0.15) is 34.8 Å². The summed E-state index contributed by atoms with van der Waals surface area (Å²) in [5.74, 6) is -0.0406. The lowest BCUT2D eigenvalue weighted by molar-refractivity contribution is 0.0737. The minimum atomic E-state index is -0.0406. The minimum absolute atomic E-state index is 0.00913. The first-order valence-electron chi connectivity index (χ1n) is 7.59. The number of hydrogen-bond acceptors (Lipinski definition) is 3. The lowest BCUT2D eigenvalue weighted by Gasteiger charge is -2.25. The van der Waals surface area contributed by atoms with E-state index in [1.165, 1.54) is 0 Å². The summed E-state index contributed by atoms with van der Waals surface area (Å²) in [6, 6.07) is 9.52. The van der Waals surface area contributed by atoms with Crippen molar-refractivity contribution in [3.63, 3.8) is 0 Å². The molecule has 1 atom stereocenters. The van der Waals surface area contributed by atoms with E-state index in [-0.39, 0.29) is 11.9 Å². The third kappa shape index (κ3) is 2.37. The predicted molar refractivity (Wildman–Crippen MR) is 87.5 cm³/mol. The van der Waals surface area contributed by atoms with Crippen molar-refractivity contribution in [3.05, 3.63) is 65.1 Å². The molecular formula is C17H15ClN4O. The Labute approximate surface area is 138 Å². The van der Waals surface area contributed by atoms with Crippen LogP contribution in [-0.2, 0) is 0 Å². The highest BCUT2D eigenvalue weighted by Gasteiger charge is 2.33. The summed E-state index contributed by atoms with van der Waals surface area (Å²) < 4.78 is 1.62. The third-order valence-corrected chi connectivity index (χ3v) is 4.63. The van der Waals surface area contributed by atoms with Crippen LogP contribution in [0, 0.1) is 0 Å². The molecule has 3 aromatic rings. The van der Waals surface area contributed by atoms with Crippen LogP contribution in [-0.4, -0.2) is 31.9 Å². The van der Waals surface area contributed by atoms with Crippen LogP contribution in [0.2, 0.25) is 5.02 Å². The van der Waals surface area contributed by atoms with Crippen molar-refractivity contribution < 1.29 is 4.79 Å². The average Bonchev–Trinajstić information content (AvgIpc) is 3.22. The molecule has 2 aromatic heterocycles. The molecule has 5 nitrogen and oxygen atoms in total. The number of carbonyl (C=O) groups is 1. The molecule has 0 N–H and O–H groups in total. The monoisotopic (exact) mass is 326 g/mol. The van der Waals surface area contributed by atoms with E-state index in [0.29, 0.717) is 16.2 Å². The van der Waals surface area contributed by atoms with E-state index in [1.54, 1.807) is 29.2 Å². The average molecular weight is 327 g/mol. The van der Waals surface area contributed by atoms with Gasteiger partial charge in [0.1, 0.15) is 5.56 Å². The number of hydrogen-bond donors (Lipinski definition) is 0. The zero-order chi connectivity index (χ0) is 15.8. The van der Waals surface area contributed by atoms with Gasteiger partial charge in [0.25, 0.3) is 5.91 Å². The number of carbonyl (C=O) groups excluding carboxylic acids is 1. The number of benzene rings is 1. The Morgan fingerprint density at radius 3 is 3.00 bits per heavy atom. The Morgan fingerprint density at radius 1 is 1.26 bits per heavy atom. The molecule has 0 unspecified atom stereocenters. The van der Waals surface area contributed by atoms with Crippen molar-refractivity contribution in [3.8, 4) is 0 Å². The van der Waals surface area contributed by atoms with E-state index in [2.05, 4.69) is 10.1 Å². The van der Waals surface area contributed by atoms with Gasteiger partial charge in [0.2, 0.25) is 0 Å². The van der Waals surface area contributed by atoms with E-state index in [0.717, 1.165) is 24.9 Å². The summed E-state index contributed by atoms with van der Waals surface area (Å²) in [7, 11) is 0. The molecule has 4 rings (SSSR count). The molecule has 116 valence electrons. The number of nitrogens with zero attached hydrogens (tertiary/aromatic N) is 4. The van der Waals surface area contributed by atoms with Gasteiger partial charge in [-0.2, -0.15) is 5.10 Å². The fourth-order valence-corrected chi connectivity index (χ4v) is 3.47. The first-order chi connectivity index (χ1) is 11.3. The lowest BCUT2D eigenvalue weighted by atomic mass is 10.0. The zero-order valence-corrected chi connectivity index (χ0v) is 13.1. The summed E-state index contributed by atoms with van der Waals surface area (Å²) in [4.78, 5) is 19.2. The summed E-state index contributed by atoms with van der Waals surface area (Å²) in [6.45, 7) is 0.721. The van der Waals surface area contributed by atoms with Crippen LogP contribution >= 0.6 is 11.6 Å². The van der Waals surface area contributed by atoms with Gasteiger partial charge in [-0.15, -0.1) is 0 Å². The molecule has 1 saturated heterocycles. The van der Waals surface area contributed by atoms with Crippen molar-refractivity contribution in [2.45, 2.75) is 18.9 Å². The van der Waals surface area contributed by atoms with Gasteiger partial charge >= 0.3 is 0 Å². The van der Waals surface area contributed by atoms with Crippen LogP contribution in [0.4, 0.5) is 0 Å². The lowest BCUT2D eigenvalue weighted by Crippen LogP contribution is -2.30. The first kappa shape index (κ1) is 14.2. The summed E-state index contributed by atoms with van der Waals surface area (Å²) in [5.41, 5.74) is 2.12. The molecule has 3 heterocycles. The first-order valence-corrected chi connectivity index (χ1v) is 7.97. The Morgan fingerprint density at radius 2 is 2.13 bits per heavy atom. The van der Waals surface area contributed by atoms with E-state index in [9.17, 15) is 4.79 Å². The number of amides is 1. The second kappa shape index (κ2) is 5.66. The minimum Gasteiger partial charge on any atom is -0.331 e. The largest absolute Gasteiger partial charge is 0.331 e. The van der Waals surface area contributed by atoms with Gasteiger partial charge in [-0.25, -0.2) is 9.50 Å². The molecule has 1 aliphatic rings. The van der Waals surface area contributed by atoms with Crippen molar-refractivity contribution in [1.29, 1.82) is 0 Å². The molecule has 1 aromatic carbocycles. The van der Waals surface area contributed by atoms with E-state index in [4.69, 9.17) is 11.6 Å². The summed E-state index contributed by atoms with van der Waals surface area (Å²) >= 11 is 6.33. The zero-order valence-electron chi connectivity index (χ0n) is 12.4. The van der Waals surface area contributed by atoms with E-state index < -0.39 is 0 Å². The molecule has 0 saturated carbocycles. The maximum atomic E-state index is 13.0. The van der Waals surface area contributed by atoms with Crippen molar-refractivity contribution in [2.24, 2.45) is 0 Å². The SMILES string of the molecule is O=C(c1cnn2cccnc12)N1CCC[C@H]1c1ccccc1Cl. The number of aromatic nitrogens is 3. The van der Waals surface area contributed by atoms with E-state index >= 15 is 0 Å². The third-order valence-electron chi connectivity index (χ3n) is 4.29. The van der Waals surface area contributed by atoms with Gasteiger partial charge in [0, 0.05) is 24.0 Å². The maximum Gasteiger partial charge on any atom is 0.259 e. The molecule has 23 heavy (non-hydrogen) atoms.